The Labute approximate surface area is 158 Å². The van der Waals surface area contributed by atoms with Gasteiger partial charge < -0.3 is 14.5 Å². The minimum atomic E-state index is -3.61. The molecule has 1 aliphatic heterocycles. The van der Waals surface area contributed by atoms with Gasteiger partial charge in [0.15, 0.2) is 0 Å². The van der Waals surface area contributed by atoms with Crippen LogP contribution in [0.4, 0.5) is 0 Å². The zero-order valence-electron chi connectivity index (χ0n) is 14.9. The maximum Gasteiger partial charge on any atom is 0.251 e. The minimum Gasteiger partial charge on any atom is -0.467 e. The third kappa shape index (κ3) is 5.64. The number of benzene rings is 1. The zero-order valence-corrected chi connectivity index (χ0v) is 15.7. The summed E-state index contributed by atoms with van der Waals surface area (Å²) in [5.74, 6) is 0.350. The highest BCUT2D eigenvalue weighted by atomic mass is 32.2. The van der Waals surface area contributed by atoms with Crippen molar-refractivity contribution in [1.82, 2.24) is 14.9 Å². The predicted molar refractivity (Wildman–Crippen MR) is 98.8 cm³/mol. The average molecular weight is 393 g/mol. The summed E-state index contributed by atoms with van der Waals surface area (Å²) in [7, 11) is -3.61. The number of furan rings is 1. The monoisotopic (exact) mass is 393 g/mol. The number of rotatable bonds is 8. The van der Waals surface area contributed by atoms with Gasteiger partial charge in [0, 0.05) is 31.7 Å². The summed E-state index contributed by atoms with van der Waals surface area (Å²) in [6.45, 7) is 4.21. The molecule has 0 bridgehead atoms. The van der Waals surface area contributed by atoms with Crippen LogP contribution in [-0.4, -0.2) is 58.6 Å². The molecule has 1 fully saturated rings. The highest BCUT2D eigenvalue weighted by Gasteiger charge is 2.16. The van der Waals surface area contributed by atoms with Crippen molar-refractivity contribution in [2.75, 3.05) is 39.4 Å². The Kier molecular flexibility index (Phi) is 6.62. The number of carbonyl (C=O) groups excluding carboxylic acids is 1. The topological polar surface area (TPSA) is 101 Å². The van der Waals surface area contributed by atoms with E-state index >= 15 is 0 Å². The van der Waals surface area contributed by atoms with Gasteiger partial charge in [-0.2, -0.15) is 0 Å². The number of ether oxygens (including phenoxy) is 1. The largest absolute Gasteiger partial charge is 0.467 e. The lowest BCUT2D eigenvalue weighted by Gasteiger charge is -2.26. The third-order valence-corrected chi connectivity index (χ3v) is 5.73. The number of nitrogens with zero attached hydrogens (tertiary/aromatic N) is 1. The van der Waals surface area contributed by atoms with Gasteiger partial charge >= 0.3 is 0 Å². The lowest BCUT2D eigenvalue weighted by molar-refractivity contribution is 0.0390. The van der Waals surface area contributed by atoms with Crippen LogP contribution in [-0.2, 0) is 21.3 Å². The van der Waals surface area contributed by atoms with E-state index in [-0.39, 0.29) is 17.3 Å². The van der Waals surface area contributed by atoms with Crippen LogP contribution in [0, 0.1) is 0 Å². The van der Waals surface area contributed by atoms with Crippen LogP contribution < -0.4 is 10.0 Å². The van der Waals surface area contributed by atoms with Gasteiger partial charge in [0.1, 0.15) is 5.76 Å². The van der Waals surface area contributed by atoms with Gasteiger partial charge in [-0.15, -0.1) is 0 Å². The molecule has 0 spiro atoms. The molecule has 2 aromatic rings. The van der Waals surface area contributed by atoms with Gasteiger partial charge in [-0.3, -0.25) is 9.69 Å². The molecule has 8 nitrogen and oxygen atoms in total. The summed E-state index contributed by atoms with van der Waals surface area (Å²) in [4.78, 5) is 14.4. The molecule has 0 aliphatic carbocycles. The zero-order chi connectivity index (χ0) is 19.1. The van der Waals surface area contributed by atoms with E-state index in [4.69, 9.17) is 9.15 Å². The molecule has 0 radical (unpaired) electrons. The van der Waals surface area contributed by atoms with Gasteiger partial charge in [-0.05, 0) is 36.4 Å². The standard InChI is InChI=1S/C18H23N3O5S/c22-18(19-14-16-2-1-11-26-16)15-3-5-17(6-4-15)27(23,24)20-7-8-21-9-12-25-13-10-21/h1-6,11,20H,7-10,12-14H2,(H,19,22). The molecule has 1 aliphatic rings. The van der Waals surface area contributed by atoms with Crippen LogP contribution in [0.1, 0.15) is 16.1 Å². The molecule has 1 aromatic carbocycles. The van der Waals surface area contributed by atoms with E-state index in [1.54, 1.807) is 12.1 Å². The highest BCUT2D eigenvalue weighted by molar-refractivity contribution is 7.89. The Hall–Kier alpha value is -2.20. The van der Waals surface area contributed by atoms with E-state index in [2.05, 4.69) is 14.9 Å². The van der Waals surface area contributed by atoms with E-state index < -0.39 is 10.0 Å². The Balaban J connectivity index is 1.51. The van der Waals surface area contributed by atoms with Crippen LogP contribution in [0.3, 0.4) is 0 Å². The molecule has 3 rings (SSSR count). The Morgan fingerprint density at radius 1 is 1.11 bits per heavy atom. The molecule has 9 heteroatoms. The summed E-state index contributed by atoms with van der Waals surface area (Å²) < 4.78 is 37.7. The molecule has 27 heavy (non-hydrogen) atoms. The SMILES string of the molecule is O=C(NCc1ccco1)c1ccc(S(=O)(=O)NCCN2CCOCC2)cc1. The number of morpholine rings is 1. The Bertz CT molecular complexity index is 828. The van der Waals surface area contributed by atoms with Gasteiger partial charge in [0.05, 0.1) is 30.9 Å². The van der Waals surface area contributed by atoms with E-state index in [0.717, 1.165) is 13.1 Å². The fraction of sp³-hybridized carbons (Fsp3) is 0.389. The van der Waals surface area contributed by atoms with Crippen molar-refractivity contribution < 1.29 is 22.4 Å². The predicted octanol–water partition coefficient (Wildman–Crippen LogP) is 0.820. The first-order valence-corrected chi connectivity index (χ1v) is 10.2. The molecule has 2 heterocycles. The van der Waals surface area contributed by atoms with E-state index in [0.29, 0.717) is 37.6 Å². The number of amides is 1. The maximum absolute atomic E-state index is 12.4. The maximum atomic E-state index is 12.4. The second-order valence-corrected chi connectivity index (χ2v) is 7.91. The van der Waals surface area contributed by atoms with Crippen molar-refractivity contribution >= 4 is 15.9 Å². The summed E-state index contributed by atoms with van der Waals surface area (Å²) in [6, 6.07) is 9.35. The number of carbonyl (C=O) groups is 1. The van der Waals surface area contributed by atoms with Crippen LogP contribution >= 0.6 is 0 Å². The van der Waals surface area contributed by atoms with Crippen molar-refractivity contribution in [3.8, 4) is 0 Å². The van der Waals surface area contributed by atoms with E-state index in [1.807, 2.05) is 0 Å². The normalized spacial score (nSPS) is 15.6. The second-order valence-electron chi connectivity index (χ2n) is 6.14. The average Bonchev–Trinajstić information content (AvgIpc) is 3.20. The quantitative estimate of drug-likeness (QED) is 0.689. The van der Waals surface area contributed by atoms with Crippen LogP contribution in [0.2, 0.25) is 0 Å². The molecule has 146 valence electrons. The molecule has 0 atom stereocenters. The molecular weight excluding hydrogens is 370 g/mol. The second kappa shape index (κ2) is 9.14. The smallest absolute Gasteiger partial charge is 0.251 e. The first-order valence-electron chi connectivity index (χ1n) is 8.75. The summed E-state index contributed by atoms with van der Waals surface area (Å²) in [5.41, 5.74) is 0.383. The third-order valence-electron chi connectivity index (χ3n) is 4.25. The van der Waals surface area contributed by atoms with E-state index in [1.165, 1.54) is 30.5 Å². The van der Waals surface area contributed by atoms with Crippen molar-refractivity contribution in [1.29, 1.82) is 0 Å². The fourth-order valence-electron chi connectivity index (χ4n) is 2.71. The number of hydrogen-bond donors (Lipinski definition) is 2. The Morgan fingerprint density at radius 2 is 1.85 bits per heavy atom. The van der Waals surface area contributed by atoms with Crippen LogP contribution in [0.15, 0.2) is 52.0 Å². The Morgan fingerprint density at radius 3 is 2.52 bits per heavy atom. The molecule has 1 saturated heterocycles. The summed E-state index contributed by atoms with van der Waals surface area (Å²) in [6.07, 6.45) is 1.53. The lowest BCUT2D eigenvalue weighted by atomic mass is 10.2. The van der Waals surface area contributed by atoms with Crippen LogP contribution in [0.5, 0.6) is 0 Å². The van der Waals surface area contributed by atoms with Gasteiger partial charge in [-0.1, -0.05) is 0 Å². The molecule has 2 N–H and O–H groups in total. The minimum absolute atomic E-state index is 0.132. The van der Waals surface area contributed by atoms with E-state index in [9.17, 15) is 13.2 Å². The van der Waals surface area contributed by atoms with Crippen molar-refractivity contribution in [2.24, 2.45) is 0 Å². The van der Waals surface area contributed by atoms with Gasteiger partial charge in [0.2, 0.25) is 10.0 Å². The summed E-state index contributed by atoms with van der Waals surface area (Å²) >= 11 is 0. The number of nitrogens with one attached hydrogen (secondary N) is 2. The van der Waals surface area contributed by atoms with Crippen LogP contribution in [0.25, 0.3) is 0 Å². The number of hydrogen-bond acceptors (Lipinski definition) is 6. The first-order chi connectivity index (χ1) is 13.0. The first kappa shape index (κ1) is 19.6. The van der Waals surface area contributed by atoms with Gasteiger partial charge in [0.25, 0.3) is 5.91 Å². The van der Waals surface area contributed by atoms with Crippen molar-refractivity contribution in [2.45, 2.75) is 11.4 Å². The molecule has 1 amide bonds. The highest BCUT2D eigenvalue weighted by Crippen LogP contribution is 2.11. The summed E-state index contributed by atoms with van der Waals surface area (Å²) in [5, 5.41) is 2.72. The van der Waals surface area contributed by atoms with Crippen molar-refractivity contribution in [3.63, 3.8) is 0 Å². The molecule has 0 saturated carbocycles. The molecular formula is C18H23N3O5S. The van der Waals surface area contributed by atoms with Crippen molar-refractivity contribution in [3.05, 3.63) is 54.0 Å². The van der Waals surface area contributed by atoms with Gasteiger partial charge in [-0.25, -0.2) is 13.1 Å². The number of sulfonamides is 1. The lowest BCUT2D eigenvalue weighted by Crippen LogP contribution is -2.41. The molecule has 1 aromatic heterocycles. The molecule has 0 unspecified atom stereocenters. The fourth-order valence-corrected chi connectivity index (χ4v) is 3.74.